The summed E-state index contributed by atoms with van der Waals surface area (Å²) >= 11 is 0. The summed E-state index contributed by atoms with van der Waals surface area (Å²) < 4.78 is 5.39. The van der Waals surface area contributed by atoms with Crippen LogP contribution in [0.3, 0.4) is 0 Å². The molecule has 160 valence electrons. The van der Waals surface area contributed by atoms with Gasteiger partial charge in [-0.1, -0.05) is 101 Å². The van der Waals surface area contributed by atoms with Crippen molar-refractivity contribution in [2.75, 3.05) is 0 Å². The monoisotopic (exact) mass is 398 g/mol. The molecule has 1 N–H and O–H groups in total. The zero-order valence-corrected chi connectivity index (χ0v) is 18.1. The number of aromatic hydroxyl groups is 1. The molecule has 0 spiro atoms. The van der Waals surface area contributed by atoms with Gasteiger partial charge < -0.3 is 9.84 Å². The fourth-order valence-electron chi connectivity index (χ4n) is 3.84. The van der Waals surface area contributed by atoms with E-state index in [0.717, 1.165) is 12.0 Å². The molecule has 2 rings (SSSR count). The molecule has 0 unspecified atom stereocenters. The number of hydrogen-bond acceptors (Lipinski definition) is 3. The molecular weight excluding hydrogens is 360 g/mol. The Bertz CT molecular complexity index is 660. The van der Waals surface area contributed by atoms with Gasteiger partial charge in [0.1, 0.15) is 17.4 Å². The van der Waals surface area contributed by atoms with Gasteiger partial charge in [-0.15, -0.1) is 0 Å². The van der Waals surface area contributed by atoms with Crippen LogP contribution in [0.2, 0.25) is 0 Å². The van der Waals surface area contributed by atoms with Gasteiger partial charge >= 0.3 is 5.97 Å². The van der Waals surface area contributed by atoms with Gasteiger partial charge in [-0.3, -0.25) is 0 Å². The molecular formula is C26H38O3. The topological polar surface area (TPSA) is 46.5 Å². The van der Waals surface area contributed by atoms with Gasteiger partial charge in [-0.25, -0.2) is 4.79 Å². The SMILES string of the molecule is CCCCCCCCCCCCCC=CC=C[C@H]1Cc2cccc(O)c2C(=O)O1. The van der Waals surface area contributed by atoms with Crippen LogP contribution >= 0.6 is 0 Å². The van der Waals surface area contributed by atoms with Gasteiger partial charge in [0, 0.05) is 6.42 Å². The largest absolute Gasteiger partial charge is 0.507 e. The number of benzene rings is 1. The number of hydrogen-bond donors (Lipinski definition) is 1. The predicted octanol–water partition coefficient (Wildman–Crippen LogP) is 7.29. The average Bonchev–Trinajstić information content (AvgIpc) is 2.70. The van der Waals surface area contributed by atoms with Crippen molar-refractivity contribution in [2.24, 2.45) is 0 Å². The molecule has 1 aliphatic heterocycles. The van der Waals surface area contributed by atoms with E-state index in [0.29, 0.717) is 12.0 Å². The maximum atomic E-state index is 12.0. The van der Waals surface area contributed by atoms with Crippen molar-refractivity contribution < 1.29 is 14.6 Å². The molecule has 29 heavy (non-hydrogen) atoms. The summed E-state index contributed by atoms with van der Waals surface area (Å²) in [6.07, 6.45) is 24.6. The van der Waals surface area contributed by atoms with E-state index in [9.17, 15) is 9.90 Å². The number of cyclic esters (lactones) is 1. The highest BCUT2D eigenvalue weighted by Crippen LogP contribution is 2.28. The molecule has 0 radical (unpaired) electrons. The van der Waals surface area contributed by atoms with Crippen LogP contribution in [0.15, 0.2) is 42.5 Å². The van der Waals surface area contributed by atoms with Gasteiger partial charge in [0.2, 0.25) is 0 Å². The Labute approximate surface area is 176 Å². The van der Waals surface area contributed by atoms with Gasteiger partial charge in [0.25, 0.3) is 0 Å². The molecule has 1 heterocycles. The van der Waals surface area contributed by atoms with Crippen molar-refractivity contribution >= 4 is 5.97 Å². The number of unbranched alkanes of at least 4 members (excludes halogenated alkanes) is 11. The molecule has 3 heteroatoms. The van der Waals surface area contributed by atoms with Crippen LogP contribution in [0.1, 0.15) is 99.9 Å². The van der Waals surface area contributed by atoms with Crippen LogP contribution < -0.4 is 0 Å². The first kappa shape index (κ1) is 23.3. The van der Waals surface area contributed by atoms with Crippen molar-refractivity contribution in [1.82, 2.24) is 0 Å². The second-order valence-electron chi connectivity index (χ2n) is 8.10. The smallest absolute Gasteiger partial charge is 0.342 e. The molecule has 3 nitrogen and oxygen atoms in total. The Morgan fingerprint density at radius 2 is 1.62 bits per heavy atom. The first-order chi connectivity index (χ1) is 14.2. The molecule has 1 atom stereocenters. The standard InChI is InChI=1S/C26H38O3/c1-2-3-4-5-6-7-8-9-10-11-12-13-14-15-16-19-23-21-22-18-17-20-24(27)25(22)26(28)29-23/h14-20,23,27H,2-13,21H2,1H3/t23-/m0/s1. The van der Waals surface area contributed by atoms with Gasteiger partial charge in [0.15, 0.2) is 0 Å². The van der Waals surface area contributed by atoms with Crippen molar-refractivity contribution in [3.8, 4) is 5.75 Å². The van der Waals surface area contributed by atoms with Gasteiger partial charge in [-0.2, -0.15) is 0 Å². The Hall–Kier alpha value is -2.03. The van der Waals surface area contributed by atoms with Crippen LogP contribution in [0.25, 0.3) is 0 Å². The highest BCUT2D eigenvalue weighted by Gasteiger charge is 2.27. The Morgan fingerprint density at radius 3 is 2.31 bits per heavy atom. The quantitative estimate of drug-likeness (QED) is 0.203. The number of carbonyl (C=O) groups excluding carboxylic acids is 1. The first-order valence-corrected chi connectivity index (χ1v) is 11.6. The second kappa shape index (κ2) is 14.0. The highest BCUT2D eigenvalue weighted by molar-refractivity contribution is 5.95. The van der Waals surface area contributed by atoms with Crippen LogP contribution in [0, 0.1) is 0 Å². The van der Waals surface area contributed by atoms with Crippen LogP contribution in [0.4, 0.5) is 0 Å². The van der Waals surface area contributed by atoms with Crippen molar-refractivity contribution in [2.45, 2.75) is 96.5 Å². The minimum Gasteiger partial charge on any atom is -0.507 e. The number of phenols is 1. The van der Waals surface area contributed by atoms with E-state index in [1.165, 1.54) is 76.7 Å². The first-order valence-electron chi connectivity index (χ1n) is 11.6. The number of ether oxygens (including phenoxy) is 1. The predicted molar refractivity (Wildman–Crippen MR) is 120 cm³/mol. The second-order valence-corrected chi connectivity index (χ2v) is 8.10. The molecule has 0 aliphatic carbocycles. The maximum absolute atomic E-state index is 12.0. The average molecular weight is 399 g/mol. The lowest BCUT2D eigenvalue weighted by atomic mass is 9.97. The normalized spacial score (nSPS) is 16.4. The summed E-state index contributed by atoms with van der Waals surface area (Å²) in [6, 6.07) is 5.16. The summed E-state index contributed by atoms with van der Waals surface area (Å²) in [7, 11) is 0. The molecule has 0 aromatic heterocycles. The summed E-state index contributed by atoms with van der Waals surface area (Å²) in [5.41, 5.74) is 1.16. The van der Waals surface area contributed by atoms with E-state index >= 15 is 0 Å². The summed E-state index contributed by atoms with van der Waals surface area (Å²) in [5.74, 6) is -0.439. The third kappa shape index (κ3) is 8.89. The van der Waals surface area contributed by atoms with Gasteiger partial charge in [0.05, 0.1) is 0 Å². The number of rotatable bonds is 14. The molecule has 0 saturated carbocycles. The number of phenolic OH excluding ortho intramolecular Hbond substituents is 1. The molecule has 0 bridgehead atoms. The van der Waals surface area contributed by atoms with Crippen molar-refractivity contribution in [3.05, 3.63) is 53.6 Å². The van der Waals surface area contributed by atoms with Crippen LogP contribution in [-0.4, -0.2) is 17.2 Å². The van der Waals surface area contributed by atoms with Crippen molar-refractivity contribution in [1.29, 1.82) is 0 Å². The summed E-state index contributed by atoms with van der Waals surface area (Å²) in [4.78, 5) is 12.0. The van der Waals surface area contributed by atoms with E-state index in [2.05, 4.69) is 13.0 Å². The highest BCUT2D eigenvalue weighted by atomic mass is 16.5. The number of esters is 1. The van der Waals surface area contributed by atoms with Gasteiger partial charge in [-0.05, 0) is 30.5 Å². The fourth-order valence-corrected chi connectivity index (χ4v) is 3.84. The molecule has 1 aromatic rings. The Balaban J connectivity index is 1.51. The fraction of sp³-hybridized carbons (Fsp3) is 0.577. The lowest BCUT2D eigenvalue weighted by Crippen LogP contribution is -2.26. The number of carbonyl (C=O) groups is 1. The summed E-state index contributed by atoms with van der Waals surface area (Å²) in [5, 5.41) is 9.80. The molecule has 1 aliphatic rings. The third-order valence-corrected chi connectivity index (χ3v) is 5.56. The number of fused-ring (bicyclic) bond motifs is 1. The molecule has 0 saturated heterocycles. The lowest BCUT2D eigenvalue weighted by molar-refractivity contribution is 0.0353. The summed E-state index contributed by atoms with van der Waals surface area (Å²) in [6.45, 7) is 2.27. The van der Waals surface area contributed by atoms with Crippen molar-refractivity contribution in [3.63, 3.8) is 0 Å². The zero-order chi connectivity index (χ0) is 20.7. The zero-order valence-electron chi connectivity index (χ0n) is 18.1. The lowest BCUT2D eigenvalue weighted by Gasteiger charge is -2.22. The van der Waals surface area contributed by atoms with E-state index in [1.807, 2.05) is 24.3 Å². The Kier molecular flexibility index (Phi) is 11.3. The molecule has 0 fully saturated rings. The van der Waals surface area contributed by atoms with E-state index in [-0.39, 0.29) is 11.9 Å². The van der Waals surface area contributed by atoms with Crippen LogP contribution in [0.5, 0.6) is 5.75 Å². The van der Waals surface area contributed by atoms with Crippen LogP contribution in [-0.2, 0) is 11.2 Å². The maximum Gasteiger partial charge on any atom is 0.342 e. The van der Waals surface area contributed by atoms with E-state index < -0.39 is 5.97 Å². The minimum absolute atomic E-state index is 0.00167. The number of allylic oxidation sites excluding steroid dienone is 3. The Morgan fingerprint density at radius 1 is 0.966 bits per heavy atom. The molecule has 0 amide bonds. The van der Waals surface area contributed by atoms with E-state index in [4.69, 9.17) is 4.74 Å². The van der Waals surface area contributed by atoms with E-state index in [1.54, 1.807) is 6.07 Å². The minimum atomic E-state index is -0.441. The molecule has 1 aromatic carbocycles. The third-order valence-electron chi connectivity index (χ3n) is 5.56.